The molecule has 14 heteroatoms. The third-order valence-corrected chi connectivity index (χ3v) is 6.11. The zero-order chi connectivity index (χ0) is 34.4. The number of nitro benzene ring substituents is 1. The number of nitrogens with one attached hydrogen (secondary N) is 5. The predicted octanol–water partition coefficient (Wildman–Crippen LogP) is 3.06. The van der Waals surface area contributed by atoms with Crippen LogP contribution in [0, 0.1) is 10.1 Å². The number of nitro groups is 1. The summed E-state index contributed by atoms with van der Waals surface area (Å²) in [5.74, 6) is -2.81. The summed E-state index contributed by atoms with van der Waals surface area (Å²) in [6, 6.07) is 21.7. The molecular weight excluding hydrogens is 608 g/mol. The average molecular weight is 645 g/mol. The van der Waals surface area contributed by atoms with Crippen LogP contribution in [-0.4, -0.2) is 59.4 Å². The Labute approximate surface area is 271 Å². The van der Waals surface area contributed by atoms with Crippen LogP contribution in [0.4, 0.5) is 16.2 Å². The van der Waals surface area contributed by atoms with Crippen LogP contribution in [0.25, 0.3) is 6.08 Å². The summed E-state index contributed by atoms with van der Waals surface area (Å²) in [5.41, 5.74) is 0.490. The fraction of sp³-hybridized carbons (Fsp3) is 0.242. The van der Waals surface area contributed by atoms with Crippen LogP contribution in [0.1, 0.15) is 31.9 Å². The number of alkyl carbamates (subject to hydrolysis) is 1. The first kappa shape index (κ1) is 35.4. The maximum atomic E-state index is 13.2. The van der Waals surface area contributed by atoms with E-state index in [0.29, 0.717) is 5.56 Å². The molecule has 0 spiro atoms. The normalized spacial score (nSPS) is 11.8. The van der Waals surface area contributed by atoms with Crippen molar-refractivity contribution in [3.63, 3.8) is 0 Å². The Bertz CT molecular complexity index is 1600. The SMILES string of the molecule is CC(C)(C)OC(=O)NCC(=O)N/C(=C/c1ccccc1)C(=O)NCC(=O)N[C@@H](Cc1ccccc1)C(=O)Nc1ccc([N+](=O)[O-])cc1. The number of benzene rings is 3. The molecule has 0 aliphatic rings. The summed E-state index contributed by atoms with van der Waals surface area (Å²) in [4.78, 5) is 74.2. The van der Waals surface area contributed by atoms with Gasteiger partial charge >= 0.3 is 6.09 Å². The number of nitrogens with zero attached hydrogens (tertiary/aromatic N) is 1. The van der Waals surface area contributed by atoms with E-state index in [-0.39, 0.29) is 23.5 Å². The molecule has 0 saturated heterocycles. The molecule has 5 amide bonds. The van der Waals surface area contributed by atoms with Crippen LogP contribution in [0.5, 0.6) is 0 Å². The second kappa shape index (κ2) is 16.9. The first-order valence-corrected chi connectivity index (χ1v) is 14.5. The Hall–Kier alpha value is -6.05. The van der Waals surface area contributed by atoms with Crippen molar-refractivity contribution in [1.29, 1.82) is 0 Å². The molecule has 0 aliphatic heterocycles. The van der Waals surface area contributed by atoms with E-state index in [0.717, 1.165) is 5.56 Å². The summed E-state index contributed by atoms with van der Waals surface area (Å²) >= 11 is 0. The van der Waals surface area contributed by atoms with Gasteiger partial charge in [0.1, 0.15) is 23.9 Å². The van der Waals surface area contributed by atoms with Gasteiger partial charge in [0.15, 0.2) is 0 Å². The van der Waals surface area contributed by atoms with Gasteiger partial charge in [0.05, 0.1) is 11.5 Å². The standard InChI is InChI=1S/C33H36N6O8/c1-33(2,3)47-32(44)35-21-29(41)37-26(18-22-10-6-4-7-11-22)30(42)34-20-28(40)38-27(19-23-12-8-5-9-13-23)31(43)36-24-14-16-25(17-15-24)39(45)46/h4-18,27H,19-21H2,1-3H3,(H,34,42)(H,35,44)(H,36,43)(H,37,41)(H,38,40)/b26-18+/t27-/m0/s1. The monoisotopic (exact) mass is 644 g/mol. The van der Waals surface area contributed by atoms with Gasteiger partial charge in [-0.1, -0.05) is 60.7 Å². The predicted molar refractivity (Wildman–Crippen MR) is 174 cm³/mol. The molecule has 0 aromatic heterocycles. The van der Waals surface area contributed by atoms with E-state index in [4.69, 9.17) is 4.74 Å². The maximum absolute atomic E-state index is 13.2. The number of rotatable bonds is 13. The molecule has 3 aromatic carbocycles. The minimum absolute atomic E-state index is 0.110. The van der Waals surface area contributed by atoms with Crippen molar-refractivity contribution in [3.05, 3.63) is 112 Å². The number of carbonyl (C=O) groups excluding carboxylic acids is 5. The lowest BCUT2D eigenvalue weighted by molar-refractivity contribution is -0.384. The highest BCUT2D eigenvalue weighted by Gasteiger charge is 2.23. The summed E-state index contributed by atoms with van der Waals surface area (Å²) in [6.07, 6.45) is 0.693. The van der Waals surface area contributed by atoms with Crippen LogP contribution < -0.4 is 26.6 Å². The van der Waals surface area contributed by atoms with Crippen molar-refractivity contribution in [2.45, 2.75) is 38.8 Å². The molecule has 0 bridgehead atoms. The Morgan fingerprint density at radius 1 is 0.830 bits per heavy atom. The summed E-state index contributed by atoms with van der Waals surface area (Å²) in [7, 11) is 0. The number of non-ortho nitro benzene ring substituents is 1. The zero-order valence-corrected chi connectivity index (χ0v) is 26.1. The Balaban J connectivity index is 1.67. The molecule has 246 valence electrons. The maximum Gasteiger partial charge on any atom is 0.408 e. The average Bonchev–Trinajstić information content (AvgIpc) is 3.02. The Kier molecular flexibility index (Phi) is 12.7. The van der Waals surface area contributed by atoms with Crippen LogP contribution in [-0.2, 0) is 30.3 Å². The fourth-order valence-electron chi connectivity index (χ4n) is 3.99. The number of carbonyl (C=O) groups is 5. The van der Waals surface area contributed by atoms with Gasteiger partial charge in [-0.3, -0.25) is 29.3 Å². The Morgan fingerprint density at radius 3 is 2.02 bits per heavy atom. The van der Waals surface area contributed by atoms with Gasteiger partial charge in [0, 0.05) is 24.2 Å². The van der Waals surface area contributed by atoms with Gasteiger partial charge < -0.3 is 31.3 Å². The van der Waals surface area contributed by atoms with E-state index >= 15 is 0 Å². The number of ether oxygens (including phenoxy) is 1. The summed E-state index contributed by atoms with van der Waals surface area (Å²) in [6.45, 7) is 3.97. The van der Waals surface area contributed by atoms with Gasteiger partial charge in [-0.05, 0) is 50.1 Å². The number of amides is 5. The van der Waals surface area contributed by atoms with E-state index in [9.17, 15) is 34.1 Å². The van der Waals surface area contributed by atoms with Crippen molar-refractivity contribution in [2.24, 2.45) is 0 Å². The van der Waals surface area contributed by atoms with Crippen LogP contribution in [0.3, 0.4) is 0 Å². The molecule has 0 saturated carbocycles. The second-order valence-corrected chi connectivity index (χ2v) is 11.2. The number of anilines is 1. The molecule has 1 atom stereocenters. The highest BCUT2D eigenvalue weighted by Crippen LogP contribution is 2.16. The molecule has 0 unspecified atom stereocenters. The lowest BCUT2D eigenvalue weighted by atomic mass is 10.0. The third-order valence-electron chi connectivity index (χ3n) is 6.11. The number of hydrogen-bond acceptors (Lipinski definition) is 8. The van der Waals surface area contributed by atoms with Crippen molar-refractivity contribution < 1.29 is 33.6 Å². The van der Waals surface area contributed by atoms with Crippen LogP contribution in [0.15, 0.2) is 90.6 Å². The second-order valence-electron chi connectivity index (χ2n) is 11.2. The highest BCUT2D eigenvalue weighted by atomic mass is 16.6. The van der Waals surface area contributed by atoms with Crippen LogP contribution in [0.2, 0.25) is 0 Å². The quantitative estimate of drug-likeness (QED) is 0.106. The molecule has 0 aliphatic carbocycles. The minimum Gasteiger partial charge on any atom is -0.444 e. The molecule has 0 radical (unpaired) electrons. The molecule has 3 rings (SSSR count). The van der Waals surface area contributed by atoms with Gasteiger partial charge in [-0.25, -0.2) is 4.79 Å². The molecule has 0 heterocycles. The topological polar surface area (TPSA) is 198 Å². The van der Waals surface area contributed by atoms with E-state index < -0.39 is 59.4 Å². The summed E-state index contributed by atoms with van der Waals surface area (Å²) < 4.78 is 5.11. The first-order valence-electron chi connectivity index (χ1n) is 14.5. The molecule has 0 fully saturated rings. The van der Waals surface area contributed by atoms with Crippen LogP contribution >= 0.6 is 0 Å². The number of hydrogen-bond donors (Lipinski definition) is 5. The summed E-state index contributed by atoms with van der Waals surface area (Å²) in [5, 5.41) is 23.4. The van der Waals surface area contributed by atoms with Crippen molar-refractivity contribution in [3.8, 4) is 0 Å². The fourth-order valence-corrected chi connectivity index (χ4v) is 3.99. The van der Waals surface area contributed by atoms with Crippen molar-refractivity contribution in [1.82, 2.24) is 21.3 Å². The van der Waals surface area contributed by atoms with Crippen molar-refractivity contribution >= 4 is 47.2 Å². The van der Waals surface area contributed by atoms with Gasteiger partial charge in [-0.2, -0.15) is 0 Å². The van der Waals surface area contributed by atoms with E-state index in [1.165, 1.54) is 30.3 Å². The zero-order valence-electron chi connectivity index (χ0n) is 26.1. The highest BCUT2D eigenvalue weighted by molar-refractivity contribution is 6.03. The third kappa shape index (κ3) is 12.8. The molecular formula is C33H36N6O8. The van der Waals surface area contributed by atoms with E-state index in [1.54, 1.807) is 81.4 Å². The van der Waals surface area contributed by atoms with Crippen molar-refractivity contribution in [2.75, 3.05) is 18.4 Å². The van der Waals surface area contributed by atoms with Gasteiger partial charge in [0.25, 0.3) is 11.6 Å². The lowest BCUT2D eigenvalue weighted by Gasteiger charge is -2.20. The van der Waals surface area contributed by atoms with Gasteiger partial charge in [-0.15, -0.1) is 0 Å². The molecule has 14 nitrogen and oxygen atoms in total. The molecule has 3 aromatic rings. The van der Waals surface area contributed by atoms with Gasteiger partial charge in [0.2, 0.25) is 17.7 Å². The Morgan fingerprint density at radius 2 is 1.43 bits per heavy atom. The van der Waals surface area contributed by atoms with E-state index in [2.05, 4.69) is 26.6 Å². The minimum atomic E-state index is -1.07. The van der Waals surface area contributed by atoms with E-state index in [1.807, 2.05) is 0 Å². The first-order chi connectivity index (χ1) is 22.3. The smallest absolute Gasteiger partial charge is 0.408 e. The molecule has 47 heavy (non-hydrogen) atoms. The molecule has 5 N–H and O–H groups in total. The lowest BCUT2D eigenvalue weighted by Crippen LogP contribution is -2.49. The largest absolute Gasteiger partial charge is 0.444 e.